The number of nitriles is 1. The molecule has 17 heavy (non-hydrogen) atoms. The third-order valence-corrected chi connectivity index (χ3v) is 2.48. The van der Waals surface area contributed by atoms with Gasteiger partial charge in [0, 0.05) is 5.02 Å². The Morgan fingerprint density at radius 3 is 2.53 bits per heavy atom. The Hall–Kier alpha value is -1.98. The molecule has 2 nitrogen and oxygen atoms in total. The summed E-state index contributed by atoms with van der Waals surface area (Å²) in [5.41, 5.74) is 0.943. The van der Waals surface area contributed by atoms with Gasteiger partial charge in [-0.2, -0.15) is 5.26 Å². The van der Waals surface area contributed by atoms with Gasteiger partial charge in [-0.15, -0.1) is 0 Å². The Morgan fingerprint density at radius 2 is 1.82 bits per heavy atom. The summed E-state index contributed by atoms with van der Waals surface area (Å²) < 4.78 is 5.65. The van der Waals surface area contributed by atoms with Crippen LogP contribution in [-0.4, -0.2) is 0 Å². The molecule has 0 spiro atoms. The van der Waals surface area contributed by atoms with Crippen LogP contribution in [-0.2, 0) is 6.42 Å². The normalized spacial score (nSPS) is 9.65. The summed E-state index contributed by atoms with van der Waals surface area (Å²) in [5, 5.41) is 9.30. The number of hydrogen-bond acceptors (Lipinski definition) is 2. The van der Waals surface area contributed by atoms with Gasteiger partial charge in [0.05, 0.1) is 12.5 Å². The van der Waals surface area contributed by atoms with Crippen molar-refractivity contribution in [1.82, 2.24) is 0 Å². The molecule has 0 aliphatic carbocycles. The van der Waals surface area contributed by atoms with Crippen molar-refractivity contribution in [3.05, 3.63) is 59.1 Å². The number of nitrogens with zero attached hydrogens (tertiary/aromatic N) is 1. The van der Waals surface area contributed by atoms with Crippen molar-refractivity contribution in [3.8, 4) is 17.6 Å². The van der Waals surface area contributed by atoms with Crippen LogP contribution < -0.4 is 4.74 Å². The summed E-state index contributed by atoms with van der Waals surface area (Å²) in [6.45, 7) is 0. The van der Waals surface area contributed by atoms with Crippen molar-refractivity contribution in [2.75, 3.05) is 0 Å². The predicted octanol–water partition coefficient (Wildman–Crippen LogP) is 4.20. The van der Waals surface area contributed by atoms with E-state index in [-0.39, 0.29) is 0 Å². The highest BCUT2D eigenvalue weighted by atomic mass is 35.5. The molecule has 0 N–H and O–H groups in total. The Labute approximate surface area is 105 Å². The first-order valence-electron chi connectivity index (χ1n) is 5.17. The van der Waals surface area contributed by atoms with E-state index in [1.54, 1.807) is 24.3 Å². The summed E-state index contributed by atoms with van der Waals surface area (Å²) >= 11 is 5.79. The molecule has 0 aliphatic rings. The molecule has 0 radical (unpaired) electrons. The first kappa shape index (κ1) is 11.5. The average molecular weight is 244 g/mol. The van der Waals surface area contributed by atoms with Crippen LogP contribution in [0.15, 0.2) is 48.5 Å². The first-order valence-corrected chi connectivity index (χ1v) is 5.55. The monoisotopic (exact) mass is 243 g/mol. The van der Waals surface area contributed by atoms with Crippen molar-refractivity contribution in [3.63, 3.8) is 0 Å². The molecule has 0 aromatic heterocycles. The Bertz CT molecular complexity index is 543. The van der Waals surface area contributed by atoms with Crippen molar-refractivity contribution >= 4 is 11.6 Å². The van der Waals surface area contributed by atoms with Crippen LogP contribution in [0.1, 0.15) is 5.56 Å². The molecule has 2 rings (SSSR count). The maximum atomic E-state index is 8.63. The second-order valence-corrected chi connectivity index (χ2v) is 3.97. The Kier molecular flexibility index (Phi) is 3.64. The first-order chi connectivity index (χ1) is 8.28. The Morgan fingerprint density at radius 1 is 1.06 bits per heavy atom. The van der Waals surface area contributed by atoms with E-state index in [1.807, 2.05) is 24.3 Å². The smallest absolute Gasteiger partial charge is 0.127 e. The third kappa shape index (κ3) is 3.24. The van der Waals surface area contributed by atoms with E-state index in [0.29, 0.717) is 11.4 Å². The minimum absolute atomic E-state index is 0.387. The van der Waals surface area contributed by atoms with Gasteiger partial charge in [0.15, 0.2) is 0 Å². The average Bonchev–Trinajstić information content (AvgIpc) is 2.33. The molecule has 0 heterocycles. The molecule has 0 saturated carbocycles. The molecule has 0 fully saturated rings. The number of rotatable bonds is 3. The zero-order chi connectivity index (χ0) is 12.1. The van der Waals surface area contributed by atoms with Crippen molar-refractivity contribution in [2.45, 2.75) is 6.42 Å². The molecule has 84 valence electrons. The maximum absolute atomic E-state index is 8.63. The fourth-order valence-corrected chi connectivity index (χ4v) is 1.57. The highest BCUT2D eigenvalue weighted by Crippen LogP contribution is 2.23. The minimum atomic E-state index is 0.387. The number of benzene rings is 2. The fraction of sp³-hybridized carbons (Fsp3) is 0.0714. The van der Waals surface area contributed by atoms with E-state index in [1.165, 1.54) is 0 Å². The summed E-state index contributed by atoms with van der Waals surface area (Å²) in [5.74, 6) is 1.45. The summed E-state index contributed by atoms with van der Waals surface area (Å²) in [6, 6.07) is 16.8. The molecule has 0 bridgehead atoms. The summed E-state index contributed by atoms with van der Waals surface area (Å²) in [7, 11) is 0. The van der Waals surface area contributed by atoms with Crippen LogP contribution in [0.3, 0.4) is 0 Å². The molecule has 2 aromatic carbocycles. The van der Waals surface area contributed by atoms with Crippen LogP contribution in [0.25, 0.3) is 0 Å². The zero-order valence-corrected chi connectivity index (χ0v) is 9.82. The van der Waals surface area contributed by atoms with Gasteiger partial charge in [0.1, 0.15) is 11.5 Å². The van der Waals surface area contributed by atoms with Crippen LogP contribution in [0.2, 0.25) is 5.02 Å². The molecular weight excluding hydrogens is 234 g/mol. The molecule has 3 heteroatoms. The second-order valence-electron chi connectivity index (χ2n) is 3.54. The number of hydrogen-bond donors (Lipinski definition) is 0. The number of ether oxygens (including phenoxy) is 1. The van der Waals surface area contributed by atoms with Gasteiger partial charge in [-0.25, -0.2) is 0 Å². The molecule has 0 aliphatic heterocycles. The maximum Gasteiger partial charge on any atom is 0.127 e. The third-order valence-electron chi connectivity index (χ3n) is 2.23. The van der Waals surface area contributed by atoms with E-state index in [0.717, 1.165) is 17.1 Å². The largest absolute Gasteiger partial charge is 0.457 e. The lowest BCUT2D eigenvalue weighted by atomic mass is 10.1. The lowest BCUT2D eigenvalue weighted by Gasteiger charge is -2.06. The van der Waals surface area contributed by atoms with Gasteiger partial charge in [-0.1, -0.05) is 23.7 Å². The molecular formula is C14H10ClNO. The van der Waals surface area contributed by atoms with Gasteiger partial charge in [-0.3, -0.25) is 0 Å². The van der Waals surface area contributed by atoms with Crippen LogP contribution in [0.4, 0.5) is 0 Å². The van der Waals surface area contributed by atoms with Gasteiger partial charge < -0.3 is 4.74 Å². The van der Waals surface area contributed by atoms with Gasteiger partial charge in [0.25, 0.3) is 0 Å². The van der Waals surface area contributed by atoms with Gasteiger partial charge >= 0.3 is 0 Å². The molecule has 0 atom stereocenters. The SMILES string of the molecule is N#CCc1cccc(Oc2ccc(Cl)cc2)c1. The molecule has 0 amide bonds. The van der Waals surface area contributed by atoms with Crippen molar-refractivity contribution in [1.29, 1.82) is 5.26 Å². The molecule has 2 aromatic rings. The highest BCUT2D eigenvalue weighted by Gasteiger charge is 1.99. The van der Waals surface area contributed by atoms with E-state index < -0.39 is 0 Å². The zero-order valence-electron chi connectivity index (χ0n) is 9.06. The standard InChI is InChI=1S/C14H10ClNO/c15-12-4-6-13(7-5-12)17-14-3-1-2-11(10-14)8-9-16/h1-7,10H,8H2. The fourth-order valence-electron chi connectivity index (χ4n) is 1.45. The van der Waals surface area contributed by atoms with Gasteiger partial charge in [-0.05, 0) is 42.0 Å². The quantitative estimate of drug-likeness (QED) is 0.810. The van der Waals surface area contributed by atoms with E-state index in [2.05, 4.69) is 6.07 Å². The minimum Gasteiger partial charge on any atom is -0.457 e. The second kappa shape index (κ2) is 5.38. The van der Waals surface area contributed by atoms with Crippen LogP contribution in [0, 0.1) is 11.3 Å². The van der Waals surface area contributed by atoms with Crippen LogP contribution in [0.5, 0.6) is 11.5 Å². The van der Waals surface area contributed by atoms with Crippen molar-refractivity contribution in [2.24, 2.45) is 0 Å². The van der Waals surface area contributed by atoms with E-state index in [4.69, 9.17) is 21.6 Å². The highest BCUT2D eigenvalue weighted by molar-refractivity contribution is 6.30. The van der Waals surface area contributed by atoms with E-state index in [9.17, 15) is 0 Å². The lowest BCUT2D eigenvalue weighted by molar-refractivity contribution is 0.482. The summed E-state index contributed by atoms with van der Waals surface area (Å²) in [6.07, 6.45) is 0.387. The molecule has 0 saturated heterocycles. The predicted molar refractivity (Wildman–Crippen MR) is 67.3 cm³/mol. The molecule has 0 unspecified atom stereocenters. The topological polar surface area (TPSA) is 33.0 Å². The Balaban J connectivity index is 2.16. The summed E-state index contributed by atoms with van der Waals surface area (Å²) in [4.78, 5) is 0. The lowest BCUT2D eigenvalue weighted by Crippen LogP contribution is -1.86. The van der Waals surface area contributed by atoms with Gasteiger partial charge in [0.2, 0.25) is 0 Å². The number of halogens is 1. The van der Waals surface area contributed by atoms with Crippen molar-refractivity contribution < 1.29 is 4.74 Å². The van der Waals surface area contributed by atoms with Crippen LogP contribution >= 0.6 is 11.6 Å². The van der Waals surface area contributed by atoms with E-state index >= 15 is 0 Å².